The van der Waals surface area contributed by atoms with Crippen LogP contribution in [0.4, 0.5) is 5.82 Å². The maximum absolute atomic E-state index is 12.8. The van der Waals surface area contributed by atoms with Crippen LogP contribution in [0.25, 0.3) is 22.2 Å². The third kappa shape index (κ3) is 2.12. The Labute approximate surface area is 136 Å². The van der Waals surface area contributed by atoms with Gasteiger partial charge in [-0.1, -0.05) is 6.42 Å². The van der Waals surface area contributed by atoms with Gasteiger partial charge >= 0.3 is 5.97 Å². The zero-order valence-electron chi connectivity index (χ0n) is 13.0. The van der Waals surface area contributed by atoms with Gasteiger partial charge in [-0.2, -0.15) is 4.98 Å². The van der Waals surface area contributed by atoms with Crippen molar-refractivity contribution in [3.05, 3.63) is 39.7 Å². The molecule has 1 fully saturated rings. The van der Waals surface area contributed by atoms with Crippen LogP contribution < -0.4 is 10.7 Å². The zero-order valence-corrected chi connectivity index (χ0v) is 13.0. The monoisotopic (exact) mass is 325 g/mol. The van der Waals surface area contributed by atoms with Crippen LogP contribution in [-0.2, 0) is 0 Å². The second-order valence-electron chi connectivity index (χ2n) is 5.97. The van der Waals surface area contributed by atoms with Gasteiger partial charge in [0.2, 0.25) is 16.9 Å². The highest BCUT2D eigenvalue weighted by atomic mass is 16.4. The zero-order chi connectivity index (χ0) is 16.8. The summed E-state index contributed by atoms with van der Waals surface area (Å²) in [6.07, 6.45) is 5.13. The molecule has 3 aromatic rings. The third-order valence-corrected chi connectivity index (χ3v) is 4.59. The Morgan fingerprint density at radius 3 is 2.67 bits per heavy atom. The average Bonchev–Trinajstić information content (AvgIpc) is 2.52. The molecule has 3 heterocycles. The fourth-order valence-corrected chi connectivity index (χ4v) is 3.00. The van der Waals surface area contributed by atoms with E-state index in [0.29, 0.717) is 11.3 Å². The molecule has 0 atom stereocenters. The molecule has 7 nitrogen and oxygen atoms in total. The molecule has 7 heteroatoms. The topological polar surface area (TPSA) is 105 Å². The predicted molar refractivity (Wildman–Crippen MR) is 88.7 cm³/mol. The standard InChI is InChI=1S/C17H15N3O4/c1-18-14-12(17(22)23)6-11-13(21)10-5-9(8-3-2-4-8)7-19-15(10)24-16(11)20-14/h5-8H,2-4H2,1H3,(H,18,20)(H,22,23). The average molecular weight is 325 g/mol. The van der Waals surface area contributed by atoms with E-state index < -0.39 is 5.97 Å². The minimum absolute atomic E-state index is 0.0697. The van der Waals surface area contributed by atoms with Gasteiger partial charge in [-0.05, 0) is 36.5 Å². The number of carbonyl (C=O) groups is 1. The summed E-state index contributed by atoms with van der Waals surface area (Å²) >= 11 is 0. The summed E-state index contributed by atoms with van der Waals surface area (Å²) in [6.45, 7) is 0. The van der Waals surface area contributed by atoms with Gasteiger partial charge in [0.15, 0.2) is 0 Å². The first-order valence-electron chi connectivity index (χ1n) is 7.77. The lowest BCUT2D eigenvalue weighted by Crippen LogP contribution is -2.12. The molecular weight excluding hydrogens is 310 g/mol. The number of nitrogens with zero attached hydrogens (tertiary/aromatic N) is 2. The van der Waals surface area contributed by atoms with E-state index in [0.717, 1.165) is 18.4 Å². The van der Waals surface area contributed by atoms with Gasteiger partial charge in [0.1, 0.15) is 11.4 Å². The summed E-state index contributed by atoms with van der Waals surface area (Å²) in [4.78, 5) is 32.5. The summed E-state index contributed by atoms with van der Waals surface area (Å²) < 4.78 is 5.64. The molecule has 1 aliphatic carbocycles. The highest BCUT2D eigenvalue weighted by Gasteiger charge is 2.22. The molecule has 0 aromatic carbocycles. The number of rotatable bonds is 3. The first kappa shape index (κ1) is 14.6. The number of hydrogen-bond donors (Lipinski definition) is 2. The second kappa shape index (κ2) is 5.30. The molecule has 1 aliphatic rings. The highest BCUT2D eigenvalue weighted by molar-refractivity contribution is 5.98. The lowest BCUT2D eigenvalue weighted by Gasteiger charge is -2.25. The third-order valence-electron chi connectivity index (χ3n) is 4.59. The minimum atomic E-state index is -1.16. The van der Waals surface area contributed by atoms with Gasteiger partial charge in [-0.15, -0.1) is 0 Å². The first-order chi connectivity index (χ1) is 11.6. The number of pyridine rings is 2. The summed E-state index contributed by atoms with van der Waals surface area (Å²) in [5.41, 5.74) is 0.940. The number of hydrogen-bond acceptors (Lipinski definition) is 6. The van der Waals surface area contributed by atoms with E-state index in [4.69, 9.17) is 4.42 Å². The number of aromatic nitrogens is 2. The molecule has 0 spiro atoms. The lowest BCUT2D eigenvalue weighted by atomic mass is 9.80. The van der Waals surface area contributed by atoms with Crippen LogP contribution in [0.5, 0.6) is 0 Å². The van der Waals surface area contributed by atoms with Crippen molar-refractivity contribution >= 4 is 34.0 Å². The molecule has 0 bridgehead atoms. The molecular formula is C17H15N3O4. The Kier molecular flexibility index (Phi) is 3.23. The maximum atomic E-state index is 12.8. The van der Waals surface area contributed by atoms with Crippen LogP contribution >= 0.6 is 0 Å². The highest BCUT2D eigenvalue weighted by Crippen LogP contribution is 2.36. The van der Waals surface area contributed by atoms with Crippen molar-refractivity contribution in [1.29, 1.82) is 0 Å². The van der Waals surface area contributed by atoms with Crippen molar-refractivity contribution in [2.75, 3.05) is 12.4 Å². The predicted octanol–water partition coefficient (Wildman–Crippen LogP) is 2.74. The van der Waals surface area contributed by atoms with Gasteiger partial charge < -0.3 is 14.8 Å². The number of aromatic carboxylic acids is 1. The fraction of sp³-hybridized carbons (Fsp3) is 0.294. The van der Waals surface area contributed by atoms with Gasteiger partial charge in [0, 0.05) is 13.2 Å². The van der Waals surface area contributed by atoms with Crippen LogP contribution in [-0.4, -0.2) is 28.1 Å². The summed E-state index contributed by atoms with van der Waals surface area (Å²) in [5.74, 6) is -0.574. The van der Waals surface area contributed by atoms with Crippen molar-refractivity contribution in [2.24, 2.45) is 0 Å². The van der Waals surface area contributed by atoms with Crippen LogP contribution in [0, 0.1) is 0 Å². The number of carboxylic acid groups (broad SMARTS) is 1. The van der Waals surface area contributed by atoms with E-state index >= 15 is 0 Å². The number of nitrogens with one attached hydrogen (secondary N) is 1. The molecule has 0 amide bonds. The molecule has 0 unspecified atom stereocenters. The quantitative estimate of drug-likeness (QED) is 0.713. The molecule has 122 valence electrons. The summed E-state index contributed by atoms with van der Waals surface area (Å²) in [5, 5.41) is 12.5. The van der Waals surface area contributed by atoms with Crippen molar-refractivity contribution < 1.29 is 14.3 Å². The smallest absolute Gasteiger partial charge is 0.339 e. The lowest BCUT2D eigenvalue weighted by molar-refractivity contribution is 0.0698. The minimum Gasteiger partial charge on any atom is -0.478 e. The van der Waals surface area contributed by atoms with Gasteiger partial charge in [0.05, 0.1) is 10.8 Å². The molecule has 4 rings (SSSR count). The first-order valence-corrected chi connectivity index (χ1v) is 7.77. The normalized spacial score (nSPS) is 14.7. The summed E-state index contributed by atoms with van der Waals surface area (Å²) in [7, 11) is 1.56. The van der Waals surface area contributed by atoms with E-state index in [-0.39, 0.29) is 33.6 Å². The van der Waals surface area contributed by atoms with Crippen molar-refractivity contribution in [2.45, 2.75) is 25.2 Å². The molecule has 0 aliphatic heterocycles. The van der Waals surface area contributed by atoms with Crippen LogP contribution in [0.15, 0.2) is 27.5 Å². The van der Waals surface area contributed by atoms with E-state index in [2.05, 4.69) is 15.3 Å². The van der Waals surface area contributed by atoms with Gasteiger partial charge in [0.25, 0.3) is 0 Å². The van der Waals surface area contributed by atoms with Crippen LogP contribution in [0.3, 0.4) is 0 Å². The van der Waals surface area contributed by atoms with Crippen LogP contribution in [0.1, 0.15) is 41.1 Å². The van der Waals surface area contributed by atoms with Crippen molar-refractivity contribution in [3.8, 4) is 0 Å². The fourth-order valence-electron chi connectivity index (χ4n) is 3.00. The Bertz CT molecular complexity index is 1040. The molecule has 3 aromatic heterocycles. The Morgan fingerprint density at radius 1 is 1.29 bits per heavy atom. The molecule has 0 radical (unpaired) electrons. The van der Waals surface area contributed by atoms with Crippen molar-refractivity contribution in [3.63, 3.8) is 0 Å². The van der Waals surface area contributed by atoms with Crippen LogP contribution in [0.2, 0.25) is 0 Å². The molecule has 24 heavy (non-hydrogen) atoms. The van der Waals surface area contributed by atoms with Gasteiger partial charge in [-0.3, -0.25) is 4.79 Å². The largest absolute Gasteiger partial charge is 0.478 e. The Hall–Kier alpha value is -2.96. The molecule has 0 saturated heterocycles. The SMILES string of the molecule is CNc1nc2oc3ncc(C4CCC4)cc3c(=O)c2cc1C(=O)O. The van der Waals surface area contributed by atoms with E-state index in [1.165, 1.54) is 12.5 Å². The number of fused-ring (bicyclic) bond motifs is 2. The molecule has 1 saturated carbocycles. The maximum Gasteiger partial charge on any atom is 0.339 e. The van der Waals surface area contributed by atoms with E-state index in [1.807, 2.05) is 6.07 Å². The molecule has 2 N–H and O–H groups in total. The second-order valence-corrected chi connectivity index (χ2v) is 5.97. The Morgan fingerprint density at radius 2 is 2.04 bits per heavy atom. The number of anilines is 1. The summed E-state index contributed by atoms with van der Waals surface area (Å²) in [6, 6.07) is 3.11. The van der Waals surface area contributed by atoms with Gasteiger partial charge in [-0.25, -0.2) is 9.78 Å². The van der Waals surface area contributed by atoms with E-state index in [9.17, 15) is 14.7 Å². The van der Waals surface area contributed by atoms with E-state index in [1.54, 1.807) is 13.2 Å². The number of carboxylic acids is 1. The van der Waals surface area contributed by atoms with Crippen molar-refractivity contribution in [1.82, 2.24) is 9.97 Å². The Balaban J connectivity index is 2.01.